The Morgan fingerprint density at radius 3 is 2.31 bits per heavy atom. The molecule has 2 rings (SSSR count). The Balaban J connectivity index is 0.000000145. The van der Waals surface area contributed by atoms with Crippen molar-refractivity contribution >= 4 is 6.29 Å². The second kappa shape index (κ2) is 5.65. The molecular weight excluding hydrogens is 166 g/mol. The van der Waals surface area contributed by atoms with Crippen molar-refractivity contribution < 1.29 is 4.79 Å². The zero-order chi connectivity index (χ0) is 9.36. The van der Waals surface area contributed by atoms with E-state index in [1.165, 1.54) is 0 Å². The van der Waals surface area contributed by atoms with Gasteiger partial charge in [0.15, 0.2) is 0 Å². The minimum absolute atomic E-state index is 0.729. The lowest BCUT2D eigenvalue weighted by Crippen LogP contribution is -1.73. The highest BCUT2D eigenvalue weighted by atomic mass is 16.1. The normalized spacial score (nSPS) is 8.31. The van der Waals surface area contributed by atoms with E-state index in [0.29, 0.717) is 0 Å². The molecule has 0 radical (unpaired) electrons. The van der Waals surface area contributed by atoms with Crippen molar-refractivity contribution in [3.63, 3.8) is 0 Å². The molecule has 0 aliphatic rings. The maximum atomic E-state index is 10.0. The Bertz CT molecular complexity index is 301. The maximum absolute atomic E-state index is 10.0. The molecule has 1 N–H and O–H groups in total. The van der Waals surface area contributed by atoms with Gasteiger partial charge in [0.2, 0.25) is 0 Å². The van der Waals surface area contributed by atoms with Crippen molar-refractivity contribution in [2.75, 3.05) is 0 Å². The summed E-state index contributed by atoms with van der Waals surface area (Å²) in [7, 11) is 0. The fraction of sp³-hybridized carbons (Fsp3) is 0. The highest BCUT2D eigenvalue weighted by molar-refractivity contribution is 5.74. The van der Waals surface area contributed by atoms with E-state index < -0.39 is 0 Å². The van der Waals surface area contributed by atoms with E-state index in [4.69, 9.17) is 0 Å². The van der Waals surface area contributed by atoms with Crippen LogP contribution in [0, 0.1) is 0 Å². The predicted molar refractivity (Wildman–Crippen MR) is 48.2 cm³/mol. The van der Waals surface area contributed by atoms with Crippen molar-refractivity contribution in [3.05, 3.63) is 48.3 Å². The number of rotatable bonds is 1. The van der Waals surface area contributed by atoms with Gasteiger partial charge < -0.3 is 0 Å². The SMILES string of the molecule is O=Cc1ccccc1.c1c[nH]nn1. The summed E-state index contributed by atoms with van der Waals surface area (Å²) in [5.74, 6) is 0. The number of aromatic nitrogens is 3. The number of hydrogen-bond donors (Lipinski definition) is 1. The number of aldehydes is 1. The van der Waals surface area contributed by atoms with Gasteiger partial charge >= 0.3 is 0 Å². The highest BCUT2D eigenvalue weighted by Gasteiger charge is 1.79. The Hall–Kier alpha value is -1.97. The van der Waals surface area contributed by atoms with Gasteiger partial charge in [-0.2, -0.15) is 0 Å². The predicted octanol–water partition coefficient (Wildman–Crippen LogP) is 1.30. The van der Waals surface area contributed by atoms with Gasteiger partial charge in [0.25, 0.3) is 0 Å². The van der Waals surface area contributed by atoms with Crippen LogP contribution in [0.3, 0.4) is 0 Å². The first-order valence-electron chi connectivity index (χ1n) is 3.74. The first-order chi connectivity index (χ1) is 6.43. The molecule has 13 heavy (non-hydrogen) atoms. The summed E-state index contributed by atoms with van der Waals surface area (Å²) in [5.41, 5.74) is 0.729. The zero-order valence-corrected chi connectivity index (χ0v) is 6.92. The molecule has 1 heterocycles. The topological polar surface area (TPSA) is 58.6 Å². The Kier molecular flexibility index (Phi) is 3.96. The van der Waals surface area contributed by atoms with E-state index in [1.54, 1.807) is 24.5 Å². The molecule has 0 fully saturated rings. The molecule has 0 amide bonds. The monoisotopic (exact) mass is 175 g/mol. The number of carbonyl (C=O) groups excluding carboxylic acids is 1. The largest absolute Gasteiger partial charge is 0.298 e. The van der Waals surface area contributed by atoms with Gasteiger partial charge in [0.1, 0.15) is 6.29 Å². The van der Waals surface area contributed by atoms with Crippen LogP contribution in [0.2, 0.25) is 0 Å². The van der Waals surface area contributed by atoms with Gasteiger partial charge in [-0.25, -0.2) is 0 Å². The molecule has 0 atom stereocenters. The summed E-state index contributed by atoms with van der Waals surface area (Å²) in [4.78, 5) is 10.0. The van der Waals surface area contributed by atoms with Gasteiger partial charge in [-0.3, -0.25) is 9.89 Å². The molecule has 66 valence electrons. The first-order valence-corrected chi connectivity index (χ1v) is 3.74. The number of H-pyrrole nitrogens is 1. The Morgan fingerprint density at radius 1 is 1.23 bits per heavy atom. The average molecular weight is 175 g/mol. The van der Waals surface area contributed by atoms with Gasteiger partial charge in [-0.05, 0) is 0 Å². The van der Waals surface area contributed by atoms with Crippen LogP contribution in [0.25, 0.3) is 0 Å². The molecular formula is C9H9N3O. The van der Waals surface area contributed by atoms with Crippen LogP contribution in [0.4, 0.5) is 0 Å². The lowest BCUT2D eigenvalue weighted by atomic mass is 10.2. The van der Waals surface area contributed by atoms with E-state index in [0.717, 1.165) is 11.8 Å². The van der Waals surface area contributed by atoms with Gasteiger partial charge in [0, 0.05) is 11.8 Å². The van der Waals surface area contributed by atoms with Gasteiger partial charge in [0.05, 0.1) is 6.20 Å². The number of benzene rings is 1. The van der Waals surface area contributed by atoms with E-state index in [2.05, 4.69) is 15.4 Å². The summed E-state index contributed by atoms with van der Waals surface area (Å²) < 4.78 is 0. The summed E-state index contributed by atoms with van der Waals surface area (Å²) in [5, 5.41) is 9.26. The molecule has 1 aromatic carbocycles. The van der Waals surface area contributed by atoms with E-state index in [-0.39, 0.29) is 0 Å². The third kappa shape index (κ3) is 3.81. The standard InChI is InChI=1S/C7H6O.C2H3N3/c8-6-7-4-2-1-3-5-7;1-2-4-5-3-1/h1-6H;1-2H,(H,3,4,5). The summed E-state index contributed by atoms with van der Waals surface area (Å²) in [6, 6.07) is 9.10. The molecule has 0 aliphatic carbocycles. The van der Waals surface area contributed by atoms with Crippen LogP contribution >= 0.6 is 0 Å². The number of hydrogen-bond acceptors (Lipinski definition) is 3. The third-order valence-electron chi connectivity index (χ3n) is 1.27. The van der Waals surface area contributed by atoms with Crippen molar-refractivity contribution in [1.29, 1.82) is 0 Å². The first kappa shape index (κ1) is 9.12. The smallest absolute Gasteiger partial charge is 0.150 e. The second-order valence-corrected chi connectivity index (χ2v) is 2.19. The van der Waals surface area contributed by atoms with Gasteiger partial charge in [-0.15, -0.1) is 5.10 Å². The molecule has 0 saturated heterocycles. The average Bonchev–Trinajstić information content (AvgIpc) is 2.77. The minimum atomic E-state index is 0.729. The quantitative estimate of drug-likeness (QED) is 0.664. The van der Waals surface area contributed by atoms with Crippen molar-refractivity contribution in [2.24, 2.45) is 0 Å². The minimum Gasteiger partial charge on any atom is -0.298 e. The lowest BCUT2D eigenvalue weighted by Gasteiger charge is -1.81. The maximum Gasteiger partial charge on any atom is 0.150 e. The van der Waals surface area contributed by atoms with Crippen LogP contribution < -0.4 is 0 Å². The third-order valence-corrected chi connectivity index (χ3v) is 1.27. The lowest BCUT2D eigenvalue weighted by molar-refractivity contribution is 0.112. The Labute approximate surface area is 75.6 Å². The molecule has 4 nitrogen and oxygen atoms in total. The fourth-order valence-electron chi connectivity index (χ4n) is 0.698. The second-order valence-electron chi connectivity index (χ2n) is 2.19. The number of carbonyl (C=O) groups is 1. The Morgan fingerprint density at radius 2 is 2.00 bits per heavy atom. The zero-order valence-electron chi connectivity index (χ0n) is 6.92. The van der Waals surface area contributed by atoms with E-state index in [1.807, 2.05) is 18.2 Å². The molecule has 1 aromatic heterocycles. The molecule has 0 unspecified atom stereocenters. The van der Waals surface area contributed by atoms with E-state index in [9.17, 15) is 4.79 Å². The number of aromatic amines is 1. The fourth-order valence-corrected chi connectivity index (χ4v) is 0.698. The van der Waals surface area contributed by atoms with Crippen LogP contribution in [0.15, 0.2) is 42.7 Å². The van der Waals surface area contributed by atoms with Crippen LogP contribution in [-0.4, -0.2) is 21.7 Å². The van der Waals surface area contributed by atoms with E-state index >= 15 is 0 Å². The highest BCUT2D eigenvalue weighted by Crippen LogP contribution is 1.91. The van der Waals surface area contributed by atoms with Crippen LogP contribution in [0.1, 0.15) is 10.4 Å². The van der Waals surface area contributed by atoms with Crippen molar-refractivity contribution in [3.8, 4) is 0 Å². The molecule has 0 spiro atoms. The molecule has 0 bridgehead atoms. The number of nitrogens with zero attached hydrogens (tertiary/aromatic N) is 2. The summed E-state index contributed by atoms with van der Waals surface area (Å²) >= 11 is 0. The van der Waals surface area contributed by atoms with Crippen LogP contribution in [0.5, 0.6) is 0 Å². The summed E-state index contributed by atoms with van der Waals surface area (Å²) in [6.07, 6.45) is 4.07. The van der Waals surface area contributed by atoms with Gasteiger partial charge in [-0.1, -0.05) is 35.5 Å². The molecule has 2 aromatic rings. The van der Waals surface area contributed by atoms with Crippen LogP contribution in [-0.2, 0) is 0 Å². The molecule has 4 heteroatoms. The van der Waals surface area contributed by atoms with Crippen molar-refractivity contribution in [1.82, 2.24) is 15.4 Å². The van der Waals surface area contributed by atoms with Crippen molar-refractivity contribution in [2.45, 2.75) is 0 Å². The molecule has 0 saturated carbocycles. The number of nitrogens with one attached hydrogen (secondary N) is 1. The summed E-state index contributed by atoms with van der Waals surface area (Å²) in [6.45, 7) is 0. The molecule has 0 aliphatic heterocycles.